The highest BCUT2D eigenvalue weighted by Gasteiger charge is 2.31. The molecule has 2 rings (SSSR count). The molecule has 2 aromatic rings. The molecule has 8 heteroatoms. The van der Waals surface area contributed by atoms with Gasteiger partial charge in [0.05, 0.1) is 33.3 Å². The minimum absolute atomic E-state index is 0.177. The fourth-order valence-corrected chi connectivity index (χ4v) is 1.96. The minimum Gasteiger partial charge on any atom is -0.396 e. The number of nitrogens with zero attached hydrogens (tertiary/aromatic N) is 1. The van der Waals surface area contributed by atoms with Gasteiger partial charge in [-0.25, -0.2) is 4.39 Å². The number of nitrogens with two attached hydrogens (primary N) is 1. The molecule has 0 saturated carbocycles. The molecule has 1 heterocycles. The van der Waals surface area contributed by atoms with E-state index in [0.717, 1.165) is 6.07 Å². The van der Waals surface area contributed by atoms with Crippen molar-refractivity contribution in [3.8, 4) is 0 Å². The summed E-state index contributed by atoms with van der Waals surface area (Å²) in [4.78, 5) is 3.78. The summed E-state index contributed by atoms with van der Waals surface area (Å²) in [6.07, 6.45) is -1.85. The maximum Gasteiger partial charge on any atom is 0.416 e. The number of benzene rings is 1. The third-order valence-electron chi connectivity index (χ3n) is 2.48. The van der Waals surface area contributed by atoms with Crippen LogP contribution < -0.4 is 11.1 Å². The topological polar surface area (TPSA) is 50.9 Å². The first-order valence-electron chi connectivity index (χ1n) is 5.32. The number of nitrogens with one attached hydrogen (secondary N) is 1. The van der Waals surface area contributed by atoms with Gasteiger partial charge in [-0.3, -0.25) is 4.98 Å². The Hall–Kier alpha value is -1.83. The SMILES string of the molecule is Nc1cncc(Br)c1Nc1cc(C(F)(F)F)ccc1F. The molecule has 1 aromatic carbocycles. The first kappa shape index (κ1) is 14.6. The zero-order valence-electron chi connectivity index (χ0n) is 9.80. The number of alkyl halides is 3. The molecular formula is C12H8BrF4N3. The second kappa shape index (κ2) is 5.28. The Morgan fingerprint density at radius 1 is 1.20 bits per heavy atom. The predicted octanol–water partition coefficient (Wildman–Crippen LogP) is 4.33. The molecule has 3 N–H and O–H groups in total. The predicted molar refractivity (Wildman–Crippen MR) is 71.0 cm³/mol. The number of hydrogen-bond donors (Lipinski definition) is 2. The third kappa shape index (κ3) is 3.01. The van der Waals surface area contributed by atoms with E-state index in [0.29, 0.717) is 16.6 Å². The summed E-state index contributed by atoms with van der Waals surface area (Å²) in [6.45, 7) is 0. The number of anilines is 3. The average Bonchev–Trinajstić information content (AvgIpc) is 2.34. The van der Waals surface area contributed by atoms with Crippen molar-refractivity contribution in [2.45, 2.75) is 6.18 Å². The molecule has 0 bridgehead atoms. The van der Waals surface area contributed by atoms with Gasteiger partial charge < -0.3 is 11.1 Å². The molecule has 0 saturated heterocycles. The first-order valence-corrected chi connectivity index (χ1v) is 6.11. The van der Waals surface area contributed by atoms with Gasteiger partial charge in [0.1, 0.15) is 5.82 Å². The number of rotatable bonds is 2. The van der Waals surface area contributed by atoms with Crippen LogP contribution in [-0.2, 0) is 6.18 Å². The smallest absolute Gasteiger partial charge is 0.396 e. The number of hydrogen-bond acceptors (Lipinski definition) is 3. The van der Waals surface area contributed by atoms with Crippen LogP contribution in [-0.4, -0.2) is 4.98 Å². The van der Waals surface area contributed by atoms with E-state index < -0.39 is 17.6 Å². The van der Waals surface area contributed by atoms with Gasteiger partial charge >= 0.3 is 6.18 Å². The van der Waals surface area contributed by atoms with Crippen molar-refractivity contribution in [3.63, 3.8) is 0 Å². The molecule has 0 atom stereocenters. The van der Waals surface area contributed by atoms with Gasteiger partial charge in [-0.2, -0.15) is 13.2 Å². The van der Waals surface area contributed by atoms with Gasteiger partial charge in [0.2, 0.25) is 0 Å². The molecule has 0 aliphatic heterocycles. The number of halogens is 5. The summed E-state index contributed by atoms with van der Waals surface area (Å²) in [5.41, 5.74) is 4.79. The molecule has 0 amide bonds. The van der Waals surface area contributed by atoms with Crippen molar-refractivity contribution >= 4 is 33.0 Å². The Kier molecular flexibility index (Phi) is 3.85. The lowest BCUT2D eigenvalue weighted by Gasteiger charge is -2.14. The first-order chi connectivity index (χ1) is 9.29. The van der Waals surface area contributed by atoms with Crippen molar-refractivity contribution in [1.29, 1.82) is 0 Å². The van der Waals surface area contributed by atoms with Gasteiger partial charge in [-0.05, 0) is 34.1 Å². The fourth-order valence-electron chi connectivity index (χ4n) is 1.51. The standard InChI is InChI=1S/C12H8BrF4N3/c13-7-4-19-5-9(18)11(7)20-10-3-6(12(15,16)17)1-2-8(10)14/h1-5H,18H2,(H,19,20). The lowest BCUT2D eigenvalue weighted by molar-refractivity contribution is -0.137. The van der Waals surface area contributed by atoms with E-state index in [9.17, 15) is 17.6 Å². The van der Waals surface area contributed by atoms with Gasteiger partial charge in [-0.15, -0.1) is 0 Å². The molecule has 3 nitrogen and oxygen atoms in total. The summed E-state index contributed by atoms with van der Waals surface area (Å²) in [7, 11) is 0. The molecule has 0 radical (unpaired) electrons. The number of nitrogen functional groups attached to an aromatic ring is 1. The van der Waals surface area contributed by atoms with E-state index in [1.165, 1.54) is 12.4 Å². The normalized spacial score (nSPS) is 11.4. The van der Waals surface area contributed by atoms with Crippen molar-refractivity contribution in [2.24, 2.45) is 0 Å². The molecule has 0 spiro atoms. The average molecular weight is 350 g/mol. The van der Waals surface area contributed by atoms with Crippen LogP contribution in [0.1, 0.15) is 5.56 Å². The second-order valence-corrected chi connectivity index (χ2v) is 4.76. The molecule has 0 aliphatic carbocycles. The van der Waals surface area contributed by atoms with E-state index in [1.807, 2.05) is 0 Å². The maximum absolute atomic E-state index is 13.6. The van der Waals surface area contributed by atoms with Crippen LogP contribution in [0, 0.1) is 5.82 Å². The second-order valence-electron chi connectivity index (χ2n) is 3.90. The van der Waals surface area contributed by atoms with Crippen molar-refractivity contribution in [1.82, 2.24) is 4.98 Å². The van der Waals surface area contributed by atoms with Gasteiger partial charge in [0, 0.05) is 6.20 Å². The quantitative estimate of drug-likeness (QED) is 0.793. The van der Waals surface area contributed by atoms with E-state index in [2.05, 4.69) is 26.2 Å². The minimum atomic E-state index is -4.55. The zero-order chi connectivity index (χ0) is 14.9. The molecule has 0 unspecified atom stereocenters. The summed E-state index contributed by atoms with van der Waals surface area (Å²) in [5.74, 6) is -0.818. The largest absolute Gasteiger partial charge is 0.416 e. The van der Waals surface area contributed by atoms with Crippen LogP contribution >= 0.6 is 15.9 Å². The Labute approximate surface area is 119 Å². The highest BCUT2D eigenvalue weighted by molar-refractivity contribution is 9.10. The zero-order valence-corrected chi connectivity index (χ0v) is 11.4. The van der Waals surface area contributed by atoms with E-state index in [-0.39, 0.29) is 17.1 Å². The van der Waals surface area contributed by atoms with Gasteiger partial charge in [0.15, 0.2) is 0 Å². The monoisotopic (exact) mass is 349 g/mol. The van der Waals surface area contributed by atoms with Gasteiger partial charge in [-0.1, -0.05) is 0 Å². The van der Waals surface area contributed by atoms with Crippen molar-refractivity contribution in [2.75, 3.05) is 11.1 Å². The Morgan fingerprint density at radius 3 is 2.50 bits per heavy atom. The number of pyridine rings is 1. The number of aromatic nitrogens is 1. The van der Waals surface area contributed by atoms with Crippen molar-refractivity contribution in [3.05, 3.63) is 46.4 Å². The van der Waals surface area contributed by atoms with E-state index >= 15 is 0 Å². The molecular weight excluding hydrogens is 342 g/mol. The highest BCUT2D eigenvalue weighted by Crippen LogP contribution is 2.35. The van der Waals surface area contributed by atoms with Crippen LogP contribution in [0.5, 0.6) is 0 Å². The summed E-state index contributed by atoms with van der Waals surface area (Å²) < 4.78 is 51.8. The van der Waals surface area contributed by atoms with Crippen LogP contribution in [0.15, 0.2) is 35.1 Å². The molecule has 0 aliphatic rings. The molecule has 1 aromatic heterocycles. The van der Waals surface area contributed by atoms with E-state index in [4.69, 9.17) is 5.73 Å². The summed E-state index contributed by atoms with van der Waals surface area (Å²) in [6, 6.07) is 2.10. The lowest BCUT2D eigenvalue weighted by atomic mass is 10.2. The van der Waals surface area contributed by atoms with Crippen LogP contribution in [0.4, 0.5) is 34.6 Å². The molecule has 106 valence electrons. The summed E-state index contributed by atoms with van der Waals surface area (Å²) >= 11 is 3.14. The van der Waals surface area contributed by atoms with Crippen LogP contribution in [0.3, 0.4) is 0 Å². The molecule has 20 heavy (non-hydrogen) atoms. The Balaban J connectivity index is 2.43. The maximum atomic E-state index is 13.6. The lowest BCUT2D eigenvalue weighted by Crippen LogP contribution is -2.07. The highest BCUT2D eigenvalue weighted by atomic mass is 79.9. The Morgan fingerprint density at radius 2 is 1.90 bits per heavy atom. The molecule has 0 fully saturated rings. The fraction of sp³-hybridized carbons (Fsp3) is 0.0833. The summed E-state index contributed by atoms with van der Waals surface area (Å²) in [5, 5.41) is 2.53. The van der Waals surface area contributed by atoms with Crippen LogP contribution in [0.2, 0.25) is 0 Å². The van der Waals surface area contributed by atoms with Crippen LogP contribution in [0.25, 0.3) is 0 Å². The third-order valence-corrected chi connectivity index (χ3v) is 3.08. The van der Waals surface area contributed by atoms with E-state index in [1.54, 1.807) is 0 Å². The van der Waals surface area contributed by atoms with Gasteiger partial charge in [0.25, 0.3) is 0 Å². The Bertz CT molecular complexity index is 623. The van der Waals surface area contributed by atoms with Crippen molar-refractivity contribution < 1.29 is 17.6 Å².